The van der Waals surface area contributed by atoms with Gasteiger partial charge in [0.1, 0.15) is 36.4 Å². The molecule has 1 N–H and O–H groups in total. The number of anilines is 1. The Morgan fingerprint density at radius 1 is 0.970 bits per heavy atom. The van der Waals surface area contributed by atoms with Crippen molar-refractivity contribution in [3.8, 4) is 23.3 Å². The lowest BCUT2D eigenvalue weighted by Gasteiger charge is -2.13. The van der Waals surface area contributed by atoms with Gasteiger partial charge in [-0.05, 0) is 55.0 Å². The van der Waals surface area contributed by atoms with Crippen molar-refractivity contribution in [2.45, 2.75) is 6.92 Å². The van der Waals surface area contributed by atoms with Crippen LogP contribution in [0.5, 0.6) is 17.2 Å². The third kappa shape index (κ3) is 6.84. The minimum Gasteiger partial charge on any atom is -0.490 e. The van der Waals surface area contributed by atoms with Crippen LogP contribution in [0, 0.1) is 17.1 Å². The zero-order chi connectivity index (χ0) is 23.5. The molecule has 33 heavy (non-hydrogen) atoms. The number of carbonyl (C=O) groups excluding carboxylic acids is 1. The molecule has 0 aliphatic carbocycles. The van der Waals surface area contributed by atoms with E-state index < -0.39 is 11.7 Å². The van der Waals surface area contributed by atoms with Crippen molar-refractivity contribution < 1.29 is 23.4 Å². The number of rotatable bonds is 10. The van der Waals surface area contributed by atoms with Crippen LogP contribution >= 0.6 is 0 Å². The molecule has 168 valence electrons. The Balaban J connectivity index is 1.68. The maximum Gasteiger partial charge on any atom is 0.266 e. The van der Waals surface area contributed by atoms with Crippen LogP contribution in [0.15, 0.2) is 78.4 Å². The Morgan fingerprint density at radius 3 is 2.42 bits per heavy atom. The minimum atomic E-state index is -0.709. The molecular formula is C26H23FN2O4. The zero-order valence-corrected chi connectivity index (χ0v) is 18.1. The molecule has 6 nitrogen and oxygen atoms in total. The van der Waals surface area contributed by atoms with E-state index in [2.05, 4.69) is 5.32 Å². The van der Waals surface area contributed by atoms with E-state index in [1.54, 1.807) is 24.3 Å². The molecule has 0 spiro atoms. The summed E-state index contributed by atoms with van der Waals surface area (Å²) in [6.45, 7) is 2.90. The summed E-state index contributed by atoms with van der Waals surface area (Å²) in [5.74, 6) is 0.445. The van der Waals surface area contributed by atoms with Gasteiger partial charge in [0.05, 0.1) is 12.3 Å². The summed E-state index contributed by atoms with van der Waals surface area (Å²) < 4.78 is 30.8. The quantitative estimate of drug-likeness (QED) is 0.262. The number of amides is 1. The molecule has 0 aliphatic heterocycles. The first-order chi connectivity index (χ1) is 16.1. The van der Waals surface area contributed by atoms with Gasteiger partial charge in [-0.2, -0.15) is 5.26 Å². The number of hydrogen-bond donors (Lipinski definition) is 1. The maximum atomic E-state index is 13.8. The zero-order valence-electron chi connectivity index (χ0n) is 18.1. The highest BCUT2D eigenvalue weighted by Gasteiger charge is 2.13. The second kappa shape index (κ2) is 11.9. The molecule has 0 aliphatic rings. The molecule has 7 heteroatoms. The fourth-order valence-electron chi connectivity index (χ4n) is 2.90. The second-order valence-electron chi connectivity index (χ2n) is 6.75. The van der Waals surface area contributed by atoms with E-state index in [4.69, 9.17) is 14.2 Å². The summed E-state index contributed by atoms with van der Waals surface area (Å²) in [5.41, 5.74) is 0.386. The van der Waals surface area contributed by atoms with Gasteiger partial charge in [-0.15, -0.1) is 0 Å². The Kier molecular flexibility index (Phi) is 8.43. The molecule has 3 aromatic carbocycles. The molecule has 0 radical (unpaired) electrons. The number of ether oxygens (including phenoxy) is 3. The third-order valence-electron chi connectivity index (χ3n) is 4.42. The molecule has 0 atom stereocenters. The molecular weight excluding hydrogens is 423 g/mol. The topological polar surface area (TPSA) is 80.6 Å². The van der Waals surface area contributed by atoms with E-state index in [1.807, 2.05) is 43.3 Å². The SMILES string of the molecule is CCOc1cc(C=C(C#N)C(=O)Nc2ccccc2F)ccc1OCCOc1ccccc1. The highest BCUT2D eigenvalue weighted by molar-refractivity contribution is 6.09. The first kappa shape index (κ1) is 23.4. The number of nitrogens with zero attached hydrogens (tertiary/aromatic N) is 1. The minimum absolute atomic E-state index is 0.000116. The van der Waals surface area contributed by atoms with E-state index in [0.717, 1.165) is 5.75 Å². The summed E-state index contributed by atoms with van der Waals surface area (Å²) in [4.78, 5) is 12.4. The Morgan fingerprint density at radius 2 is 1.70 bits per heavy atom. The van der Waals surface area contributed by atoms with Crippen LogP contribution in [0.1, 0.15) is 12.5 Å². The van der Waals surface area contributed by atoms with Gasteiger partial charge in [-0.25, -0.2) is 4.39 Å². The van der Waals surface area contributed by atoms with Crippen molar-refractivity contribution in [3.63, 3.8) is 0 Å². The Hall–Kier alpha value is -4.31. The van der Waals surface area contributed by atoms with Crippen LogP contribution in [-0.2, 0) is 4.79 Å². The standard InChI is InChI=1S/C26H23FN2O4/c1-2-31-25-17-19(12-13-24(25)33-15-14-32-21-8-4-3-5-9-21)16-20(18-28)26(30)29-23-11-7-6-10-22(23)27/h3-13,16-17H,2,14-15H2,1H3,(H,29,30). The normalized spacial score (nSPS) is 10.8. The third-order valence-corrected chi connectivity index (χ3v) is 4.42. The van der Waals surface area contributed by atoms with Crippen LogP contribution in [0.25, 0.3) is 6.08 Å². The first-order valence-electron chi connectivity index (χ1n) is 10.4. The number of hydrogen-bond acceptors (Lipinski definition) is 5. The predicted octanol–water partition coefficient (Wildman–Crippen LogP) is 5.23. The number of nitrogens with one attached hydrogen (secondary N) is 1. The van der Waals surface area contributed by atoms with Gasteiger partial charge < -0.3 is 19.5 Å². The molecule has 0 aromatic heterocycles. The predicted molar refractivity (Wildman–Crippen MR) is 124 cm³/mol. The van der Waals surface area contributed by atoms with E-state index in [-0.39, 0.29) is 11.3 Å². The molecule has 0 unspecified atom stereocenters. The highest BCUT2D eigenvalue weighted by atomic mass is 19.1. The van der Waals surface area contributed by atoms with Crippen LogP contribution < -0.4 is 19.5 Å². The van der Waals surface area contributed by atoms with Gasteiger partial charge in [0.25, 0.3) is 5.91 Å². The fraction of sp³-hybridized carbons (Fsp3) is 0.154. The van der Waals surface area contributed by atoms with Crippen molar-refractivity contribution in [2.24, 2.45) is 0 Å². The van der Waals surface area contributed by atoms with Crippen LogP contribution in [0.3, 0.4) is 0 Å². The van der Waals surface area contributed by atoms with Crippen molar-refractivity contribution in [3.05, 3.63) is 89.8 Å². The van der Waals surface area contributed by atoms with E-state index >= 15 is 0 Å². The summed E-state index contributed by atoms with van der Waals surface area (Å²) >= 11 is 0. The van der Waals surface area contributed by atoms with Gasteiger partial charge >= 0.3 is 0 Å². The van der Waals surface area contributed by atoms with Gasteiger partial charge in [0.2, 0.25) is 0 Å². The van der Waals surface area contributed by atoms with E-state index in [9.17, 15) is 14.4 Å². The molecule has 0 bridgehead atoms. The van der Waals surface area contributed by atoms with Gasteiger partial charge in [-0.1, -0.05) is 36.4 Å². The lowest BCUT2D eigenvalue weighted by Crippen LogP contribution is -2.14. The summed E-state index contributed by atoms with van der Waals surface area (Å²) in [6, 6.07) is 22.1. The van der Waals surface area contributed by atoms with Crippen molar-refractivity contribution >= 4 is 17.7 Å². The first-order valence-corrected chi connectivity index (χ1v) is 10.4. The molecule has 0 heterocycles. The average Bonchev–Trinajstić information content (AvgIpc) is 2.83. The number of carbonyl (C=O) groups is 1. The molecule has 0 saturated carbocycles. The molecule has 0 saturated heterocycles. The average molecular weight is 446 g/mol. The number of nitriles is 1. The molecule has 1 amide bonds. The largest absolute Gasteiger partial charge is 0.490 e. The number of benzene rings is 3. The Bertz CT molecular complexity index is 1160. The fourth-order valence-corrected chi connectivity index (χ4v) is 2.90. The lowest BCUT2D eigenvalue weighted by molar-refractivity contribution is -0.112. The second-order valence-corrected chi connectivity index (χ2v) is 6.75. The molecule has 3 rings (SSSR count). The van der Waals surface area contributed by atoms with Crippen molar-refractivity contribution in [1.29, 1.82) is 5.26 Å². The number of halogens is 1. The van der Waals surface area contributed by atoms with Crippen molar-refractivity contribution in [1.82, 2.24) is 0 Å². The Labute approximate surface area is 191 Å². The maximum absolute atomic E-state index is 13.8. The van der Waals surface area contributed by atoms with Crippen molar-refractivity contribution in [2.75, 3.05) is 25.1 Å². The lowest BCUT2D eigenvalue weighted by atomic mass is 10.1. The van der Waals surface area contributed by atoms with E-state index in [0.29, 0.717) is 36.9 Å². The molecule has 0 fully saturated rings. The van der Waals surface area contributed by atoms with E-state index in [1.165, 1.54) is 24.3 Å². The monoisotopic (exact) mass is 446 g/mol. The highest BCUT2D eigenvalue weighted by Crippen LogP contribution is 2.29. The van der Waals surface area contributed by atoms with Crippen LogP contribution in [0.2, 0.25) is 0 Å². The number of para-hydroxylation sites is 2. The van der Waals surface area contributed by atoms with Gasteiger partial charge in [0.15, 0.2) is 11.5 Å². The van der Waals surface area contributed by atoms with Gasteiger partial charge in [0, 0.05) is 0 Å². The summed E-state index contributed by atoms with van der Waals surface area (Å²) in [6.07, 6.45) is 1.40. The van der Waals surface area contributed by atoms with Crippen LogP contribution in [0.4, 0.5) is 10.1 Å². The van der Waals surface area contributed by atoms with Gasteiger partial charge in [-0.3, -0.25) is 4.79 Å². The smallest absolute Gasteiger partial charge is 0.266 e. The summed E-state index contributed by atoms with van der Waals surface area (Å²) in [5, 5.41) is 11.8. The molecule has 3 aromatic rings. The van der Waals surface area contributed by atoms with Crippen LogP contribution in [-0.4, -0.2) is 25.7 Å². The summed E-state index contributed by atoms with van der Waals surface area (Å²) in [7, 11) is 0.